The molecule has 0 saturated carbocycles. The molecule has 0 amide bonds. The number of methoxy groups -OCH3 is 2. The summed E-state index contributed by atoms with van der Waals surface area (Å²) < 4.78 is 10.1. The average Bonchev–Trinajstić information content (AvgIpc) is 2.44. The highest BCUT2D eigenvalue weighted by Gasteiger charge is 2.24. The molecular weight excluding hydrogens is 252 g/mol. The van der Waals surface area contributed by atoms with Gasteiger partial charge in [-0.25, -0.2) is 0 Å². The van der Waals surface area contributed by atoms with Gasteiger partial charge in [-0.1, -0.05) is 0 Å². The number of hydrogen-bond donors (Lipinski definition) is 0. The third kappa shape index (κ3) is 1.95. The second kappa shape index (κ2) is 4.89. The normalized spacial score (nSPS) is 10.2. The van der Waals surface area contributed by atoms with Gasteiger partial charge in [-0.2, -0.15) is 0 Å². The SMILES string of the molecule is COc1cc([N+](=O)[O-])c(OC)c2c(C=O)ccnc12. The van der Waals surface area contributed by atoms with Crippen molar-refractivity contribution >= 4 is 22.9 Å². The zero-order valence-electron chi connectivity index (χ0n) is 10.2. The lowest BCUT2D eigenvalue weighted by Crippen LogP contribution is -2.00. The summed E-state index contributed by atoms with van der Waals surface area (Å²) in [5.41, 5.74) is 0.321. The van der Waals surface area contributed by atoms with Gasteiger partial charge in [0.25, 0.3) is 0 Å². The zero-order valence-corrected chi connectivity index (χ0v) is 10.2. The number of fused-ring (bicyclic) bond motifs is 1. The third-order valence-electron chi connectivity index (χ3n) is 2.69. The minimum Gasteiger partial charge on any atom is -0.494 e. The molecule has 0 aliphatic carbocycles. The Bertz CT molecular complexity index is 669. The van der Waals surface area contributed by atoms with E-state index in [1.165, 1.54) is 32.5 Å². The van der Waals surface area contributed by atoms with Gasteiger partial charge in [0.15, 0.2) is 12.0 Å². The first kappa shape index (κ1) is 12.7. The molecule has 0 aliphatic rings. The lowest BCUT2D eigenvalue weighted by atomic mass is 10.1. The van der Waals surface area contributed by atoms with Gasteiger partial charge in [-0.05, 0) is 6.07 Å². The van der Waals surface area contributed by atoms with Crippen molar-refractivity contribution in [3.8, 4) is 11.5 Å². The number of nitrogens with zero attached hydrogens (tertiary/aromatic N) is 2. The predicted octanol–water partition coefficient (Wildman–Crippen LogP) is 1.97. The van der Waals surface area contributed by atoms with Crippen molar-refractivity contribution in [2.24, 2.45) is 0 Å². The maximum absolute atomic E-state index is 11.1. The first-order valence-electron chi connectivity index (χ1n) is 5.27. The Labute approximate surface area is 107 Å². The fourth-order valence-electron chi connectivity index (χ4n) is 1.88. The summed E-state index contributed by atoms with van der Waals surface area (Å²) >= 11 is 0. The van der Waals surface area contributed by atoms with E-state index < -0.39 is 4.92 Å². The van der Waals surface area contributed by atoms with Crippen LogP contribution in [-0.2, 0) is 0 Å². The first-order valence-corrected chi connectivity index (χ1v) is 5.27. The molecule has 1 heterocycles. The van der Waals surface area contributed by atoms with E-state index in [2.05, 4.69) is 4.98 Å². The molecule has 7 nitrogen and oxygen atoms in total. The molecule has 19 heavy (non-hydrogen) atoms. The fraction of sp³-hybridized carbons (Fsp3) is 0.167. The molecule has 7 heteroatoms. The Balaban J connectivity index is 3.01. The summed E-state index contributed by atoms with van der Waals surface area (Å²) in [6.45, 7) is 0. The molecule has 0 aliphatic heterocycles. The summed E-state index contributed by atoms with van der Waals surface area (Å²) in [4.78, 5) is 25.6. The molecule has 2 aromatic rings. The van der Waals surface area contributed by atoms with Crippen molar-refractivity contribution in [1.29, 1.82) is 0 Å². The number of pyridine rings is 1. The number of aldehydes is 1. The Kier molecular flexibility index (Phi) is 3.28. The van der Waals surface area contributed by atoms with Crippen molar-refractivity contribution < 1.29 is 19.2 Å². The van der Waals surface area contributed by atoms with Crippen LogP contribution < -0.4 is 9.47 Å². The van der Waals surface area contributed by atoms with Gasteiger partial charge in [-0.3, -0.25) is 19.9 Å². The molecule has 0 spiro atoms. The van der Waals surface area contributed by atoms with E-state index in [0.717, 1.165) is 0 Å². The summed E-state index contributed by atoms with van der Waals surface area (Å²) in [7, 11) is 2.68. The van der Waals surface area contributed by atoms with Crippen LogP contribution in [-0.4, -0.2) is 30.4 Å². The van der Waals surface area contributed by atoms with E-state index in [4.69, 9.17) is 9.47 Å². The number of hydrogen-bond acceptors (Lipinski definition) is 6. The zero-order chi connectivity index (χ0) is 14.0. The van der Waals surface area contributed by atoms with Gasteiger partial charge in [-0.15, -0.1) is 0 Å². The Morgan fingerprint density at radius 2 is 2.11 bits per heavy atom. The van der Waals surface area contributed by atoms with Crippen LogP contribution in [0.5, 0.6) is 11.5 Å². The van der Waals surface area contributed by atoms with Crippen LogP contribution in [0.1, 0.15) is 10.4 Å². The first-order chi connectivity index (χ1) is 9.13. The molecule has 0 unspecified atom stereocenters. The minimum absolute atomic E-state index is 0.00370. The smallest absolute Gasteiger partial charge is 0.315 e. The number of ether oxygens (including phenoxy) is 2. The summed E-state index contributed by atoms with van der Waals surface area (Å²) in [5.74, 6) is 0.210. The molecule has 1 aromatic carbocycles. The Morgan fingerprint density at radius 3 is 2.63 bits per heavy atom. The Hall–Kier alpha value is -2.70. The van der Waals surface area contributed by atoms with Crippen molar-refractivity contribution in [3.05, 3.63) is 34.0 Å². The van der Waals surface area contributed by atoms with Crippen LogP contribution in [0, 0.1) is 10.1 Å². The number of aromatic nitrogens is 1. The van der Waals surface area contributed by atoms with E-state index in [1.807, 2.05) is 0 Å². The van der Waals surface area contributed by atoms with E-state index in [-0.39, 0.29) is 28.1 Å². The van der Waals surface area contributed by atoms with Crippen LogP contribution >= 0.6 is 0 Å². The monoisotopic (exact) mass is 262 g/mol. The minimum atomic E-state index is -0.595. The predicted molar refractivity (Wildman–Crippen MR) is 66.9 cm³/mol. The van der Waals surface area contributed by atoms with E-state index >= 15 is 0 Å². The topological polar surface area (TPSA) is 91.6 Å². The van der Waals surface area contributed by atoms with Crippen LogP contribution in [0.2, 0.25) is 0 Å². The lowest BCUT2D eigenvalue weighted by Gasteiger charge is -2.10. The van der Waals surface area contributed by atoms with Gasteiger partial charge in [0.05, 0.1) is 30.6 Å². The molecule has 98 valence electrons. The van der Waals surface area contributed by atoms with Crippen molar-refractivity contribution in [2.45, 2.75) is 0 Å². The van der Waals surface area contributed by atoms with Gasteiger partial charge in [0.2, 0.25) is 5.75 Å². The van der Waals surface area contributed by atoms with Crippen LogP contribution in [0.4, 0.5) is 5.69 Å². The molecule has 1 aromatic heterocycles. The van der Waals surface area contributed by atoms with Crippen molar-refractivity contribution in [2.75, 3.05) is 14.2 Å². The average molecular weight is 262 g/mol. The molecule has 0 saturated heterocycles. The Morgan fingerprint density at radius 1 is 1.37 bits per heavy atom. The van der Waals surface area contributed by atoms with E-state index in [1.54, 1.807) is 0 Å². The molecule has 0 N–H and O–H groups in total. The highest BCUT2D eigenvalue weighted by Crippen LogP contribution is 2.41. The summed E-state index contributed by atoms with van der Waals surface area (Å²) in [6, 6.07) is 2.68. The van der Waals surface area contributed by atoms with Crippen molar-refractivity contribution in [1.82, 2.24) is 4.98 Å². The molecule has 0 radical (unpaired) electrons. The van der Waals surface area contributed by atoms with Gasteiger partial charge >= 0.3 is 5.69 Å². The number of carbonyl (C=O) groups excluding carboxylic acids is 1. The van der Waals surface area contributed by atoms with Crippen LogP contribution in [0.3, 0.4) is 0 Å². The standard InChI is InChI=1S/C12H10N2O5/c1-18-9-5-8(14(16)17)12(19-2)10-7(6-15)3-4-13-11(9)10/h3-6H,1-2H3. The summed E-state index contributed by atoms with van der Waals surface area (Å²) in [6.07, 6.45) is 2.02. The van der Waals surface area contributed by atoms with Gasteiger partial charge < -0.3 is 9.47 Å². The maximum atomic E-state index is 11.1. The number of nitro benzene ring substituents is 1. The van der Waals surface area contributed by atoms with E-state index in [0.29, 0.717) is 11.8 Å². The lowest BCUT2D eigenvalue weighted by molar-refractivity contribution is -0.385. The number of carbonyl (C=O) groups is 1. The number of benzene rings is 1. The largest absolute Gasteiger partial charge is 0.494 e. The quantitative estimate of drug-likeness (QED) is 0.475. The number of nitro groups is 1. The second-order valence-corrected chi connectivity index (χ2v) is 3.63. The molecular formula is C12H10N2O5. The maximum Gasteiger partial charge on any atom is 0.315 e. The van der Waals surface area contributed by atoms with Crippen molar-refractivity contribution in [3.63, 3.8) is 0 Å². The highest BCUT2D eigenvalue weighted by molar-refractivity contribution is 6.04. The molecule has 0 atom stereocenters. The van der Waals surface area contributed by atoms with Crippen LogP contribution in [0.15, 0.2) is 18.3 Å². The molecule has 2 rings (SSSR count). The fourth-order valence-corrected chi connectivity index (χ4v) is 1.88. The molecule has 0 fully saturated rings. The number of rotatable bonds is 4. The second-order valence-electron chi connectivity index (χ2n) is 3.63. The van der Waals surface area contributed by atoms with Crippen LogP contribution in [0.25, 0.3) is 10.9 Å². The third-order valence-corrected chi connectivity index (χ3v) is 2.69. The molecule has 0 bridgehead atoms. The van der Waals surface area contributed by atoms with Gasteiger partial charge in [0.1, 0.15) is 5.52 Å². The highest BCUT2D eigenvalue weighted by atomic mass is 16.6. The summed E-state index contributed by atoms with van der Waals surface area (Å²) in [5, 5.41) is 11.3. The van der Waals surface area contributed by atoms with Gasteiger partial charge in [0, 0.05) is 11.8 Å². The van der Waals surface area contributed by atoms with E-state index in [9.17, 15) is 14.9 Å².